The third kappa shape index (κ3) is 1.87. The highest BCUT2D eigenvalue weighted by molar-refractivity contribution is 5.76. The van der Waals surface area contributed by atoms with Crippen LogP contribution in [0.1, 0.15) is 37.8 Å². The molecule has 7 nitrogen and oxygen atoms in total. The Morgan fingerprint density at radius 3 is 2.79 bits per heavy atom. The number of aliphatic hydroxyl groups is 1. The topological polar surface area (TPSA) is 85.3 Å². The van der Waals surface area contributed by atoms with Gasteiger partial charge in [0, 0.05) is 32.4 Å². The van der Waals surface area contributed by atoms with Gasteiger partial charge in [-0.25, -0.2) is 0 Å². The summed E-state index contributed by atoms with van der Waals surface area (Å²) in [4.78, 5) is 25.8. The van der Waals surface area contributed by atoms with Gasteiger partial charge in [0.25, 0.3) is 0 Å². The molecular weight excluding hydrogens is 362 g/mol. The van der Waals surface area contributed by atoms with E-state index in [1.54, 1.807) is 25.0 Å². The molecule has 1 N–H and O–H groups in total. The van der Waals surface area contributed by atoms with Crippen molar-refractivity contribution in [2.45, 2.75) is 56.3 Å². The minimum absolute atomic E-state index is 0.0457. The Labute approximate surface area is 162 Å². The van der Waals surface area contributed by atoms with E-state index in [4.69, 9.17) is 14.2 Å². The second kappa shape index (κ2) is 5.50. The van der Waals surface area contributed by atoms with E-state index in [0.29, 0.717) is 43.1 Å². The number of ether oxygens (including phenoxy) is 3. The zero-order valence-corrected chi connectivity index (χ0v) is 16.2. The molecule has 1 amide bonds. The second-order valence-corrected chi connectivity index (χ2v) is 8.11. The zero-order valence-electron chi connectivity index (χ0n) is 16.2. The number of rotatable bonds is 2. The molecule has 2 bridgehead atoms. The number of likely N-dealkylation sites (tertiary alicyclic amines) is 1. The highest BCUT2D eigenvalue weighted by Crippen LogP contribution is 2.65. The molecule has 2 heterocycles. The molecule has 1 aromatic rings. The highest BCUT2D eigenvalue weighted by atomic mass is 16.6. The van der Waals surface area contributed by atoms with Crippen LogP contribution < -0.4 is 9.47 Å². The monoisotopic (exact) mass is 385 g/mol. The van der Waals surface area contributed by atoms with Crippen molar-refractivity contribution >= 4 is 11.9 Å². The number of carbonyl (C=O) groups excluding carboxylic acids is 2. The lowest BCUT2D eigenvalue weighted by atomic mass is 9.50. The molecule has 4 atom stereocenters. The summed E-state index contributed by atoms with van der Waals surface area (Å²) in [5.74, 6) is 1.17. The van der Waals surface area contributed by atoms with Crippen molar-refractivity contribution in [1.82, 2.24) is 4.90 Å². The molecule has 0 radical (unpaired) electrons. The first-order valence-corrected chi connectivity index (χ1v) is 9.58. The number of hydrogen-bond donors (Lipinski definition) is 1. The zero-order chi connectivity index (χ0) is 19.8. The molecule has 5 rings (SSSR count). The lowest BCUT2D eigenvalue weighted by Gasteiger charge is -2.61. The lowest BCUT2D eigenvalue weighted by molar-refractivity contribution is -0.180. The first-order chi connectivity index (χ1) is 13.3. The Hall–Kier alpha value is -2.54. The number of esters is 1. The van der Waals surface area contributed by atoms with E-state index < -0.39 is 23.1 Å². The molecule has 0 aromatic heterocycles. The second-order valence-electron chi connectivity index (χ2n) is 8.11. The van der Waals surface area contributed by atoms with E-state index in [-0.39, 0.29) is 11.9 Å². The summed E-state index contributed by atoms with van der Waals surface area (Å²) < 4.78 is 17.4. The van der Waals surface area contributed by atoms with Gasteiger partial charge in [0.05, 0.1) is 18.6 Å². The first kappa shape index (κ1) is 17.6. The Bertz CT molecular complexity index is 939. The maximum Gasteiger partial charge on any atom is 0.307 e. The van der Waals surface area contributed by atoms with E-state index in [1.165, 1.54) is 6.92 Å². The molecule has 1 spiro atoms. The number of amides is 1. The van der Waals surface area contributed by atoms with Crippen LogP contribution in [0.2, 0.25) is 0 Å². The molecule has 4 aliphatic rings. The fourth-order valence-electron chi connectivity index (χ4n) is 5.92. The summed E-state index contributed by atoms with van der Waals surface area (Å²) in [7, 11) is 1.58. The number of piperidine rings is 1. The van der Waals surface area contributed by atoms with Crippen molar-refractivity contribution in [3.8, 4) is 11.5 Å². The molecule has 2 aliphatic carbocycles. The number of methoxy groups -OCH3 is 1. The van der Waals surface area contributed by atoms with Crippen LogP contribution in [0.5, 0.6) is 11.5 Å². The molecule has 7 heteroatoms. The van der Waals surface area contributed by atoms with Gasteiger partial charge in [-0.2, -0.15) is 0 Å². The van der Waals surface area contributed by atoms with Gasteiger partial charge < -0.3 is 24.2 Å². The number of carbonyl (C=O) groups is 2. The first-order valence-electron chi connectivity index (χ1n) is 9.58. The minimum Gasteiger partial charge on any atom is -0.493 e. The number of nitrogens with zero attached hydrogens (tertiary/aromatic N) is 1. The molecular formula is C21H23NO6. The third-order valence-corrected chi connectivity index (χ3v) is 6.96. The van der Waals surface area contributed by atoms with E-state index in [0.717, 1.165) is 11.1 Å². The van der Waals surface area contributed by atoms with Gasteiger partial charge in [-0.1, -0.05) is 6.07 Å². The third-order valence-electron chi connectivity index (χ3n) is 6.96. The maximum atomic E-state index is 12.3. The number of hydrogen-bond acceptors (Lipinski definition) is 6. The summed E-state index contributed by atoms with van der Waals surface area (Å²) in [5, 5.41) is 12.0. The average molecular weight is 385 g/mol. The van der Waals surface area contributed by atoms with E-state index in [2.05, 4.69) is 0 Å². The molecule has 1 fully saturated rings. The normalized spacial score (nSPS) is 34.1. The molecule has 28 heavy (non-hydrogen) atoms. The van der Waals surface area contributed by atoms with Crippen LogP contribution in [0.25, 0.3) is 0 Å². The maximum absolute atomic E-state index is 12.3. The van der Waals surface area contributed by atoms with Crippen molar-refractivity contribution in [3.63, 3.8) is 0 Å². The Morgan fingerprint density at radius 2 is 2.11 bits per heavy atom. The summed E-state index contributed by atoms with van der Waals surface area (Å²) in [6.07, 6.45) is 2.48. The average Bonchev–Trinajstić information content (AvgIpc) is 2.98. The van der Waals surface area contributed by atoms with Crippen molar-refractivity contribution in [1.29, 1.82) is 0 Å². The fourth-order valence-corrected chi connectivity index (χ4v) is 5.92. The summed E-state index contributed by atoms with van der Waals surface area (Å²) in [6, 6.07) is 3.49. The molecule has 1 saturated heterocycles. The molecule has 2 aliphatic heterocycles. The Morgan fingerprint density at radius 1 is 1.32 bits per heavy atom. The van der Waals surface area contributed by atoms with Gasteiger partial charge in [-0.3, -0.25) is 9.59 Å². The largest absolute Gasteiger partial charge is 0.493 e. The highest BCUT2D eigenvalue weighted by Gasteiger charge is 2.72. The Balaban J connectivity index is 1.78. The van der Waals surface area contributed by atoms with Gasteiger partial charge in [0.2, 0.25) is 5.91 Å². The smallest absolute Gasteiger partial charge is 0.307 e. The van der Waals surface area contributed by atoms with Gasteiger partial charge in [0.15, 0.2) is 17.6 Å². The van der Waals surface area contributed by atoms with Crippen LogP contribution in [0, 0.1) is 0 Å². The molecule has 1 aromatic carbocycles. The van der Waals surface area contributed by atoms with Crippen molar-refractivity contribution in [2.24, 2.45) is 0 Å². The SMILES string of the molecule is COc1ccc2c3c1OC1C(OC(C)=O)=CC[C@]4(O)[C@H](C2)N(C(C)=O)CC[C@@]314. The van der Waals surface area contributed by atoms with Gasteiger partial charge >= 0.3 is 5.97 Å². The standard InChI is InChI=1S/C21H23NO6/c1-11(23)22-9-8-20-17-13-4-5-14(26-3)18(17)28-19(20)15(27-12(2)24)6-7-21(20,25)16(22)10-13/h4-6,16,19,25H,7-10H2,1-3H3/t16-,19?,20+,21-/m0/s1. The summed E-state index contributed by atoms with van der Waals surface area (Å²) >= 11 is 0. The summed E-state index contributed by atoms with van der Waals surface area (Å²) in [5.41, 5.74) is 0.00996. The predicted molar refractivity (Wildman–Crippen MR) is 98.0 cm³/mol. The van der Waals surface area contributed by atoms with Crippen LogP contribution in [-0.2, 0) is 26.2 Å². The molecule has 148 valence electrons. The van der Waals surface area contributed by atoms with Gasteiger partial charge in [0.1, 0.15) is 11.4 Å². The van der Waals surface area contributed by atoms with E-state index in [9.17, 15) is 14.7 Å². The van der Waals surface area contributed by atoms with Crippen LogP contribution in [-0.4, -0.2) is 53.3 Å². The molecule has 0 saturated carbocycles. The van der Waals surface area contributed by atoms with E-state index >= 15 is 0 Å². The van der Waals surface area contributed by atoms with E-state index in [1.807, 2.05) is 12.1 Å². The van der Waals surface area contributed by atoms with Crippen LogP contribution in [0.15, 0.2) is 24.0 Å². The quantitative estimate of drug-likeness (QED) is 0.776. The van der Waals surface area contributed by atoms with Crippen LogP contribution >= 0.6 is 0 Å². The van der Waals surface area contributed by atoms with Crippen molar-refractivity contribution < 1.29 is 28.9 Å². The molecule has 1 unspecified atom stereocenters. The van der Waals surface area contributed by atoms with Gasteiger partial charge in [-0.15, -0.1) is 0 Å². The number of benzene rings is 1. The lowest BCUT2D eigenvalue weighted by Crippen LogP contribution is -2.75. The van der Waals surface area contributed by atoms with Crippen molar-refractivity contribution in [3.05, 3.63) is 35.1 Å². The van der Waals surface area contributed by atoms with Gasteiger partial charge in [-0.05, 0) is 30.5 Å². The Kier molecular flexibility index (Phi) is 3.45. The van der Waals surface area contributed by atoms with Crippen LogP contribution in [0.3, 0.4) is 0 Å². The summed E-state index contributed by atoms with van der Waals surface area (Å²) in [6.45, 7) is 3.42. The van der Waals surface area contributed by atoms with Crippen molar-refractivity contribution in [2.75, 3.05) is 13.7 Å². The van der Waals surface area contributed by atoms with Crippen LogP contribution in [0.4, 0.5) is 0 Å². The fraction of sp³-hybridized carbons (Fsp3) is 0.524. The predicted octanol–water partition coefficient (Wildman–Crippen LogP) is 1.45. The minimum atomic E-state index is -1.20.